The molecule has 0 amide bonds. The van der Waals surface area contributed by atoms with Gasteiger partial charge in [-0.15, -0.1) is 11.3 Å². The Morgan fingerprint density at radius 2 is 1.28 bits per heavy atom. The van der Waals surface area contributed by atoms with Gasteiger partial charge in [-0.2, -0.15) is 0 Å². The Balaban J connectivity index is 1.29. The zero-order valence-corrected chi connectivity index (χ0v) is 26.8. The molecule has 1 aliphatic rings. The fraction of sp³-hybridized carbons (Fsp3) is 0.0698. The van der Waals surface area contributed by atoms with Gasteiger partial charge in [0.15, 0.2) is 5.82 Å². The molecule has 0 saturated carbocycles. The van der Waals surface area contributed by atoms with Gasteiger partial charge in [0.05, 0.1) is 28.1 Å². The third-order valence-electron chi connectivity index (χ3n) is 9.98. The van der Waals surface area contributed by atoms with Crippen LogP contribution >= 0.6 is 11.3 Å². The summed E-state index contributed by atoms with van der Waals surface area (Å²) >= 11 is 1.88. The van der Waals surface area contributed by atoms with E-state index in [2.05, 4.69) is 158 Å². The van der Waals surface area contributed by atoms with Gasteiger partial charge in [0.25, 0.3) is 0 Å². The number of nitrogens with zero attached hydrogens (tertiary/aromatic N) is 3. The van der Waals surface area contributed by atoms with Gasteiger partial charge in [-0.25, -0.2) is 9.97 Å². The number of benzene rings is 6. The van der Waals surface area contributed by atoms with Gasteiger partial charge in [0.1, 0.15) is 0 Å². The van der Waals surface area contributed by atoms with E-state index in [0.29, 0.717) is 0 Å². The fourth-order valence-electron chi connectivity index (χ4n) is 7.82. The molecule has 3 nitrogen and oxygen atoms in total. The van der Waals surface area contributed by atoms with E-state index in [4.69, 9.17) is 9.97 Å². The van der Waals surface area contributed by atoms with Gasteiger partial charge < -0.3 is 4.57 Å². The SMILES string of the molecule is CC1(C)c2ccccc2-c2c(-c3ccccc3)nc(-c3ccccc3-n3c4ccccc4c4c5sc6ccccc6c5ccc43)nc21. The van der Waals surface area contributed by atoms with Crippen LogP contribution in [0.1, 0.15) is 25.1 Å². The zero-order chi connectivity index (χ0) is 31.3. The van der Waals surface area contributed by atoms with Crippen molar-refractivity contribution in [2.45, 2.75) is 19.3 Å². The van der Waals surface area contributed by atoms with Gasteiger partial charge in [0.2, 0.25) is 0 Å². The molecule has 6 aromatic carbocycles. The maximum Gasteiger partial charge on any atom is 0.162 e. The molecule has 0 N–H and O–H groups in total. The number of fused-ring (bicyclic) bond motifs is 10. The molecule has 3 aromatic heterocycles. The predicted octanol–water partition coefficient (Wildman–Crippen LogP) is 11.6. The maximum atomic E-state index is 5.46. The molecule has 0 saturated heterocycles. The average molecular weight is 620 g/mol. The van der Waals surface area contributed by atoms with Crippen molar-refractivity contribution < 1.29 is 0 Å². The summed E-state index contributed by atoms with van der Waals surface area (Å²) in [5, 5.41) is 5.18. The summed E-state index contributed by atoms with van der Waals surface area (Å²) in [6.07, 6.45) is 0. The quantitative estimate of drug-likeness (QED) is 0.197. The number of aromatic nitrogens is 3. The molecule has 0 radical (unpaired) electrons. The summed E-state index contributed by atoms with van der Waals surface area (Å²) in [6, 6.07) is 50.1. The van der Waals surface area contributed by atoms with E-state index in [9.17, 15) is 0 Å². The highest BCUT2D eigenvalue weighted by Crippen LogP contribution is 2.51. The third-order valence-corrected chi connectivity index (χ3v) is 11.2. The first-order chi connectivity index (χ1) is 23.1. The van der Waals surface area contributed by atoms with Gasteiger partial charge in [-0.05, 0) is 41.5 Å². The number of rotatable bonds is 3. The first-order valence-electron chi connectivity index (χ1n) is 16.1. The fourth-order valence-corrected chi connectivity index (χ4v) is 9.08. The van der Waals surface area contributed by atoms with Crippen LogP contribution in [0.25, 0.3) is 81.4 Å². The standard InChI is InChI=1S/C43H29N3S/c1-43(2)32-20-10-6-17-29(32)38-39(26-14-4-3-5-15-26)44-42(45-41(38)43)31-19-8-12-22-34(31)46-33-21-11-7-18-30(33)37-35(46)25-24-28-27-16-9-13-23-36(27)47-40(28)37/h3-25H,1-2H3. The first-order valence-corrected chi connectivity index (χ1v) is 16.9. The summed E-state index contributed by atoms with van der Waals surface area (Å²) in [5.41, 5.74) is 11.0. The second kappa shape index (κ2) is 9.71. The molecule has 0 unspecified atom stereocenters. The largest absolute Gasteiger partial charge is 0.308 e. The molecule has 0 fully saturated rings. The Bertz CT molecular complexity index is 2710. The van der Waals surface area contributed by atoms with Crippen molar-refractivity contribution >= 4 is 53.3 Å². The Labute approximate surface area is 276 Å². The maximum absolute atomic E-state index is 5.46. The molecule has 10 rings (SSSR count). The highest BCUT2D eigenvalue weighted by Gasteiger charge is 2.39. The minimum atomic E-state index is -0.262. The van der Waals surface area contributed by atoms with Crippen LogP contribution in [0.4, 0.5) is 0 Å². The highest BCUT2D eigenvalue weighted by atomic mass is 32.1. The molecule has 0 bridgehead atoms. The third kappa shape index (κ3) is 3.67. The van der Waals surface area contributed by atoms with Gasteiger partial charge in [0, 0.05) is 53.1 Å². The molecule has 47 heavy (non-hydrogen) atoms. The van der Waals surface area contributed by atoms with Crippen LogP contribution in [-0.4, -0.2) is 14.5 Å². The van der Waals surface area contributed by atoms with Crippen LogP contribution in [0.15, 0.2) is 140 Å². The smallest absolute Gasteiger partial charge is 0.162 e. The van der Waals surface area contributed by atoms with E-state index < -0.39 is 0 Å². The Hall–Kier alpha value is -5.58. The van der Waals surface area contributed by atoms with Gasteiger partial charge >= 0.3 is 0 Å². The normalized spacial score (nSPS) is 13.5. The molecule has 0 spiro atoms. The highest BCUT2D eigenvalue weighted by molar-refractivity contribution is 7.26. The average Bonchev–Trinajstić information content (AvgIpc) is 3.74. The zero-order valence-electron chi connectivity index (χ0n) is 26.0. The van der Waals surface area contributed by atoms with Crippen LogP contribution in [0, 0.1) is 0 Å². The molecular weight excluding hydrogens is 591 g/mol. The molecule has 0 aliphatic heterocycles. The van der Waals surface area contributed by atoms with Crippen molar-refractivity contribution in [3.05, 3.63) is 151 Å². The summed E-state index contributed by atoms with van der Waals surface area (Å²) in [7, 11) is 0. The van der Waals surface area contributed by atoms with E-state index in [0.717, 1.165) is 39.6 Å². The van der Waals surface area contributed by atoms with Crippen molar-refractivity contribution in [1.29, 1.82) is 0 Å². The van der Waals surface area contributed by atoms with E-state index in [1.807, 2.05) is 11.3 Å². The summed E-state index contributed by atoms with van der Waals surface area (Å²) < 4.78 is 5.06. The number of hydrogen-bond acceptors (Lipinski definition) is 3. The minimum absolute atomic E-state index is 0.262. The van der Waals surface area contributed by atoms with Crippen LogP contribution in [0.3, 0.4) is 0 Å². The van der Waals surface area contributed by atoms with Crippen molar-refractivity contribution in [3.8, 4) is 39.5 Å². The molecule has 222 valence electrons. The minimum Gasteiger partial charge on any atom is -0.308 e. The van der Waals surface area contributed by atoms with Crippen LogP contribution in [0.2, 0.25) is 0 Å². The first kappa shape index (κ1) is 26.6. The van der Waals surface area contributed by atoms with E-state index in [1.54, 1.807) is 0 Å². The van der Waals surface area contributed by atoms with Crippen LogP contribution < -0.4 is 0 Å². The second-order valence-corrected chi connectivity index (χ2v) is 14.0. The number of hydrogen-bond donors (Lipinski definition) is 0. The number of thiophene rings is 1. The summed E-state index contributed by atoms with van der Waals surface area (Å²) in [6.45, 7) is 4.58. The Morgan fingerprint density at radius 1 is 0.574 bits per heavy atom. The summed E-state index contributed by atoms with van der Waals surface area (Å²) in [5.74, 6) is 0.743. The predicted molar refractivity (Wildman–Crippen MR) is 198 cm³/mol. The molecular formula is C43H29N3S. The lowest BCUT2D eigenvalue weighted by Crippen LogP contribution is -2.17. The Morgan fingerprint density at radius 3 is 2.15 bits per heavy atom. The lowest BCUT2D eigenvalue weighted by Gasteiger charge is -2.21. The molecule has 0 atom stereocenters. The van der Waals surface area contributed by atoms with Crippen molar-refractivity contribution in [2.24, 2.45) is 0 Å². The van der Waals surface area contributed by atoms with Crippen molar-refractivity contribution in [1.82, 2.24) is 14.5 Å². The summed E-state index contributed by atoms with van der Waals surface area (Å²) in [4.78, 5) is 10.9. The van der Waals surface area contributed by atoms with E-state index in [-0.39, 0.29) is 5.41 Å². The van der Waals surface area contributed by atoms with E-state index >= 15 is 0 Å². The molecule has 9 aromatic rings. The second-order valence-electron chi connectivity index (χ2n) is 13.0. The lowest BCUT2D eigenvalue weighted by molar-refractivity contribution is 0.636. The number of para-hydroxylation sites is 2. The van der Waals surface area contributed by atoms with E-state index in [1.165, 1.54) is 53.1 Å². The van der Waals surface area contributed by atoms with Gasteiger partial charge in [-0.3, -0.25) is 0 Å². The lowest BCUT2D eigenvalue weighted by atomic mass is 9.85. The van der Waals surface area contributed by atoms with Crippen molar-refractivity contribution in [2.75, 3.05) is 0 Å². The van der Waals surface area contributed by atoms with Gasteiger partial charge in [-0.1, -0.05) is 123 Å². The topological polar surface area (TPSA) is 30.7 Å². The molecule has 1 aliphatic carbocycles. The molecule has 4 heteroatoms. The Kier molecular flexibility index (Phi) is 5.50. The van der Waals surface area contributed by atoms with Crippen LogP contribution in [0.5, 0.6) is 0 Å². The molecule has 3 heterocycles. The van der Waals surface area contributed by atoms with Crippen LogP contribution in [-0.2, 0) is 5.41 Å². The van der Waals surface area contributed by atoms with Crippen molar-refractivity contribution in [3.63, 3.8) is 0 Å². The monoisotopic (exact) mass is 619 g/mol.